The van der Waals surface area contributed by atoms with E-state index >= 15 is 0 Å². The summed E-state index contributed by atoms with van der Waals surface area (Å²) in [6.07, 6.45) is -3.66. The lowest BCUT2D eigenvalue weighted by atomic mass is 10.2. The zero-order valence-corrected chi connectivity index (χ0v) is 8.98. The molecule has 6 nitrogen and oxygen atoms in total. The van der Waals surface area contributed by atoms with E-state index in [2.05, 4.69) is 14.9 Å². The highest BCUT2D eigenvalue weighted by atomic mass is 19.4. The standard InChI is InChI=1S/C9H10F3N5O/c10-9(11,12)18-6-1-2-7(13)5(3-6)4-16-17-8(14)15/h1-4H,13H2,(H4,14,15,17). The second kappa shape index (κ2) is 5.25. The van der Waals surface area contributed by atoms with Crippen molar-refractivity contribution in [3.8, 4) is 5.75 Å². The molecule has 0 fully saturated rings. The average Bonchev–Trinajstić information content (AvgIpc) is 2.20. The fourth-order valence-electron chi connectivity index (χ4n) is 1.02. The van der Waals surface area contributed by atoms with Crippen LogP contribution in [0.5, 0.6) is 5.75 Å². The zero-order chi connectivity index (χ0) is 13.8. The van der Waals surface area contributed by atoms with Crippen molar-refractivity contribution in [2.75, 3.05) is 5.73 Å². The van der Waals surface area contributed by atoms with E-state index in [0.29, 0.717) is 0 Å². The Balaban J connectivity index is 2.95. The predicted octanol–water partition coefficient (Wildman–Crippen LogP) is 0.775. The van der Waals surface area contributed by atoms with Gasteiger partial charge in [0.1, 0.15) is 5.75 Å². The van der Waals surface area contributed by atoms with Crippen LogP contribution in [0.2, 0.25) is 0 Å². The molecule has 1 rings (SSSR count). The SMILES string of the molecule is NC(N)=NN=Cc1cc(OC(F)(F)F)ccc1N. The molecule has 0 radical (unpaired) electrons. The van der Waals surface area contributed by atoms with E-state index in [-0.39, 0.29) is 17.2 Å². The first-order chi connectivity index (χ1) is 8.28. The van der Waals surface area contributed by atoms with Crippen LogP contribution in [0.25, 0.3) is 0 Å². The Labute approximate surface area is 99.9 Å². The van der Waals surface area contributed by atoms with Gasteiger partial charge in [0.25, 0.3) is 0 Å². The number of alkyl halides is 3. The van der Waals surface area contributed by atoms with Crippen LogP contribution in [0.1, 0.15) is 5.56 Å². The zero-order valence-electron chi connectivity index (χ0n) is 8.98. The van der Waals surface area contributed by atoms with E-state index in [1.165, 1.54) is 6.07 Å². The van der Waals surface area contributed by atoms with Gasteiger partial charge in [-0.1, -0.05) is 0 Å². The van der Waals surface area contributed by atoms with E-state index in [1.54, 1.807) is 0 Å². The quantitative estimate of drug-likeness (QED) is 0.323. The summed E-state index contributed by atoms with van der Waals surface area (Å²) in [6.45, 7) is 0. The minimum atomic E-state index is -4.77. The van der Waals surface area contributed by atoms with Crippen molar-refractivity contribution in [2.24, 2.45) is 21.7 Å². The van der Waals surface area contributed by atoms with Crippen molar-refractivity contribution in [1.82, 2.24) is 0 Å². The normalized spacial score (nSPS) is 11.5. The molecular formula is C9H10F3N5O. The highest BCUT2D eigenvalue weighted by molar-refractivity contribution is 5.88. The Morgan fingerprint density at radius 2 is 1.94 bits per heavy atom. The molecule has 1 aromatic carbocycles. The molecule has 0 aromatic heterocycles. The first-order valence-corrected chi connectivity index (χ1v) is 4.55. The second-order valence-corrected chi connectivity index (χ2v) is 3.11. The molecule has 0 saturated heterocycles. The third-order valence-corrected chi connectivity index (χ3v) is 1.66. The number of anilines is 1. The van der Waals surface area contributed by atoms with Gasteiger partial charge in [-0.25, -0.2) is 0 Å². The van der Waals surface area contributed by atoms with E-state index < -0.39 is 12.1 Å². The van der Waals surface area contributed by atoms with Crippen LogP contribution >= 0.6 is 0 Å². The highest BCUT2D eigenvalue weighted by Gasteiger charge is 2.31. The number of hydrogen-bond donors (Lipinski definition) is 3. The molecule has 1 aromatic rings. The summed E-state index contributed by atoms with van der Waals surface area (Å²) in [5.74, 6) is -0.699. The smallest absolute Gasteiger partial charge is 0.406 e. The van der Waals surface area contributed by atoms with Gasteiger partial charge in [-0.15, -0.1) is 18.3 Å². The van der Waals surface area contributed by atoms with Crippen molar-refractivity contribution in [3.05, 3.63) is 23.8 Å². The van der Waals surface area contributed by atoms with Crippen LogP contribution in [-0.2, 0) is 0 Å². The lowest BCUT2D eigenvalue weighted by molar-refractivity contribution is -0.274. The topological polar surface area (TPSA) is 112 Å². The van der Waals surface area contributed by atoms with Gasteiger partial charge >= 0.3 is 6.36 Å². The van der Waals surface area contributed by atoms with Crippen molar-refractivity contribution in [3.63, 3.8) is 0 Å². The Kier molecular flexibility index (Phi) is 3.97. The van der Waals surface area contributed by atoms with Crippen LogP contribution in [-0.4, -0.2) is 18.5 Å². The summed E-state index contributed by atoms with van der Waals surface area (Å²) < 4.78 is 39.7. The fraction of sp³-hybridized carbons (Fsp3) is 0.111. The number of benzene rings is 1. The summed E-state index contributed by atoms with van der Waals surface area (Å²) in [7, 11) is 0. The summed E-state index contributed by atoms with van der Waals surface area (Å²) in [5.41, 5.74) is 16.0. The lowest BCUT2D eigenvalue weighted by Gasteiger charge is -2.09. The van der Waals surface area contributed by atoms with E-state index in [0.717, 1.165) is 18.3 Å². The lowest BCUT2D eigenvalue weighted by Crippen LogP contribution is -2.21. The maximum absolute atomic E-state index is 12.0. The minimum Gasteiger partial charge on any atom is -0.406 e. The molecule has 98 valence electrons. The van der Waals surface area contributed by atoms with Gasteiger partial charge in [0.2, 0.25) is 5.96 Å². The molecule has 18 heavy (non-hydrogen) atoms. The van der Waals surface area contributed by atoms with E-state index in [1.807, 2.05) is 0 Å². The Morgan fingerprint density at radius 3 is 2.50 bits per heavy atom. The summed E-state index contributed by atoms with van der Waals surface area (Å²) in [6, 6.07) is 3.40. The number of ether oxygens (including phenoxy) is 1. The largest absolute Gasteiger partial charge is 0.573 e. The van der Waals surface area contributed by atoms with Gasteiger partial charge in [-0.05, 0) is 18.2 Å². The summed E-state index contributed by atoms with van der Waals surface area (Å²) >= 11 is 0. The number of nitrogen functional groups attached to an aromatic ring is 1. The number of hydrogen-bond acceptors (Lipinski definition) is 4. The van der Waals surface area contributed by atoms with Gasteiger partial charge in [0.15, 0.2) is 0 Å². The molecular weight excluding hydrogens is 251 g/mol. The van der Waals surface area contributed by atoms with Gasteiger partial charge in [0.05, 0.1) is 6.21 Å². The molecule has 0 heterocycles. The molecule has 0 unspecified atom stereocenters. The fourth-order valence-corrected chi connectivity index (χ4v) is 1.02. The molecule has 0 spiro atoms. The molecule has 9 heteroatoms. The Bertz CT molecular complexity index is 480. The number of nitrogens with zero attached hydrogens (tertiary/aromatic N) is 2. The minimum absolute atomic E-state index is 0.196. The van der Waals surface area contributed by atoms with Crippen molar-refractivity contribution in [2.45, 2.75) is 6.36 Å². The number of nitrogens with two attached hydrogens (primary N) is 3. The van der Waals surface area contributed by atoms with Gasteiger partial charge in [-0.2, -0.15) is 5.10 Å². The molecule has 0 saturated carbocycles. The van der Waals surface area contributed by atoms with Crippen molar-refractivity contribution >= 4 is 17.9 Å². The predicted molar refractivity (Wildman–Crippen MR) is 60.9 cm³/mol. The van der Waals surface area contributed by atoms with Crippen LogP contribution in [0.3, 0.4) is 0 Å². The number of rotatable bonds is 3. The van der Waals surface area contributed by atoms with Gasteiger partial charge in [0, 0.05) is 11.3 Å². The average molecular weight is 261 g/mol. The van der Waals surface area contributed by atoms with E-state index in [9.17, 15) is 13.2 Å². The second-order valence-electron chi connectivity index (χ2n) is 3.11. The number of halogens is 3. The highest BCUT2D eigenvalue weighted by Crippen LogP contribution is 2.25. The maximum Gasteiger partial charge on any atom is 0.573 e. The van der Waals surface area contributed by atoms with Crippen LogP contribution < -0.4 is 21.9 Å². The van der Waals surface area contributed by atoms with Crippen LogP contribution in [0.4, 0.5) is 18.9 Å². The molecule has 0 atom stereocenters. The van der Waals surface area contributed by atoms with Crippen LogP contribution in [0, 0.1) is 0 Å². The third kappa shape index (κ3) is 4.60. The van der Waals surface area contributed by atoms with Crippen LogP contribution in [0.15, 0.2) is 28.4 Å². The Hall–Kier alpha value is -2.45. The van der Waals surface area contributed by atoms with Crippen molar-refractivity contribution < 1.29 is 17.9 Å². The molecule has 0 aliphatic heterocycles. The van der Waals surface area contributed by atoms with E-state index in [4.69, 9.17) is 17.2 Å². The Morgan fingerprint density at radius 1 is 1.28 bits per heavy atom. The monoisotopic (exact) mass is 261 g/mol. The molecule has 0 amide bonds. The third-order valence-electron chi connectivity index (χ3n) is 1.66. The molecule has 0 bridgehead atoms. The van der Waals surface area contributed by atoms with Gasteiger partial charge < -0.3 is 21.9 Å². The first-order valence-electron chi connectivity index (χ1n) is 4.55. The maximum atomic E-state index is 12.0. The molecule has 0 aliphatic carbocycles. The molecule has 0 aliphatic rings. The summed E-state index contributed by atoms with van der Waals surface area (Å²) in [4.78, 5) is 0. The molecule has 6 N–H and O–H groups in total. The van der Waals surface area contributed by atoms with Gasteiger partial charge in [-0.3, -0.25) is 0 Å². The summed E-state index contributed by atoms with van der Waals surface area (Å²) in [5, 5.41) is 6.72. The first kappa shape index (κ1) is 13.6. The number of guanidine groups is 1. The van der Waals surface area contributed by atoms with Crippen molar-refractivity contribution in [1.29, 1.82) is 0 Å².